The number of ether oxygens (including phenoxy) is 1. The monoisotopic (exact) mass is 246 g/mol. The summed E-state index contributed by atoms with van der Waals surface area (Å²) in [5.74, 6) is -0.0747. The van der Waals surface area contributed by atoms with Crippen molar-refractivity contribution in [2.24, 2.45) is 0 Å². The van der Waals surface area contributed by atoms with E-state index in [1.165, 1.54) is 0 Å². The second-order valence-electron chi connectivity index (χ2n) is 4.42. The molecule has 0 rings (SSSR count). The molecule has 0 saturated carbocycles. The van der Waals surface area contributed by atoms with Crippen LogP contribution in [0.3, 0.4) is 0 Å². The lowest BCUT2D eigenvalue weighted by Gasteiger charge is -2.30. The van der Waals surface area contributed by atoms with Crippen LogP contribution in [0.2, 0.25) is 0 Å². The molecule has 0 fully saturated rings. The Hall–Kier alpha value is -0.650. The Morgan fingerprint density at radius 1 is 1.41 bits per heavy atom. The molecule has 0 saturated heterocycles. The van der Waals surface area contributed by atoms with Gasteiger partial charge in [0.1, 0.15) is 0 Å². The summed E-state index contributed by atoms with van der Waals surface area (Å²) in [6, 6.07) is 0.001000. The van der Waals surface area contributed by atoms with Crippen LogP contribution in [0.25, 0.3) is 0 Å². The zero-order valence-corrected chi connectivity index (χ0v) is 11.4. The molecule has 0 aromatic heterocycles. The fourth-order valence-electron chi connectivity index (χ4n) is 1.66. The summed E-state index contributed by atoms with van der Waals surface area (Å²) in [4.78, 5) is 11.6. The molecule has 0 aliphatic rings. The van der Waals surface area contributed by atoms with Gasteiger partial charge in [-0.2, -0.15) is 0 Å². The van der Waals surface area contributed by atoms with E-state index in [0.717, 1.165) is 12.8 Å². The van der Waals surface area contributed by atoms with E-state index >= 15 is 0 Å². The van der Waals surface area contributed by atoms with E-state index in [0.29, 0.717) is 6.61 Å². The van der Waals surface area contributed by atoms with Crippen molar-refractivity contribution in [3.05, 3.63) is 0 Å². The standard InChI is InChI=1S/C12H26N2O3/c1-5-12(6-2,9-15)13-7-11(16)14-10(3)8-17-4/h10,13,15H,5-9H2,1-4H3,(H,14,16). The van der Waals surface area contributed by atoms with E-state index < -0.39 is 0 Å². The summed E-state index contributed by atoms with van der Waals surface area (Å²) in [5, 5.41) is 15.3. The first kappa shape index (κ1) is 16.4. The minimum absolute atomic E-state index is 0.001000. The lowest BCUT2D eigenvalue weighted by atomic mass is 9.94. The normalized spacial score (nSPS) is 13.5. The Bertz CT molecular complexity index is 210. The molecule has 102 valence electrons. The van der Waals surface area contributed by atoms with Gasteiger partial charge >= 0.3 is 0 Å². The highest BCUT2D eigenvalue weighted by molar-refractivity contribution is 5.78. The predicted octanol–water partition coefficient (Wildman–Crippen LogP) is 0.278. The number of aliphatic hydroxyl groups is 1. The summed E-state index contributed by atoms with van der Waals surface area (Å²) < 4.78 is 4.94. The fourth-order valence-corrected chi connectivity index (χ4v) is 1.66. The SMILES string of the molecule is CCC(CC)(CO)NCC(=O)NC(C)COC. The van der Waals surface area contributed by atoms with Crippen molar-refractivity contribution in [2.75, 3.05) is 26.9 Å². The van der Waals surface area contributed by atoms with Gasteiger partial charge in [-0.15, -0.1) is 0 Å². The predicted molar refractivity (Wildman–Crippen MR) is 67.9 cm³/mol. The Balaban J connectivity index is 4.04. The highest BCUT2D eigenvalue weighted by Crippen LogP contribution is 2.13. The maximum absolute atomic E-state index is 11.6. The lowest BCUT2D eigenvalue weighted by Crippen LogP contribution is -2.52. The molecule has 0 aliphatic carbocycles. The molecule has 1 amide bonds. The molecule has 0 radical (unpaired) electrons. The van der Waals surface area contributed by atoms with Crippen molar-refractivity contribution in [2.45, 2.75) is 45.2 Å². The summed E-state index contributed by atoms with van der Waals surface area (Å²) in [7, 11) is 1.60. The third-order valence-electron chi connectivity index (χ3n) is 3.10. The molecule has 0 aromatic carbocycles. The van der Waals surface area contributed by atoms with Gasteiger partial charge in [-0.3, -0.25) is 4.79 Å². The molecule has 0 aliphatic heterocycles. The zero-order chi connectivity index (χ0) is 13.3. The molecular formula is C12H26N2O3. The van der Waals surface area contributed by atoms with E-state index in [1.54, 1.807) is 7.11 Å². The van der Waals surface area contributed by atoms with Crippen LogP contribution < -0.4 is 10.6 Å². The average molecular weight is 246 g/mol. The van der Waals surface area contributed by atoms with E-state index in [9.17, 15) is 9.90 Å². The fraction of sp³-hybridized carbons (Fsp3) is 0.917. The van der Waals surface area contributed by atoms with Gasteiger partial charge in [-0.1, -0.05) is 13.8 Å². The number of nitrogens with one attached hydrogen (secondary N) is 2. The van der Waals surface area contributed by atoms with Gasteiger partial charge in [0.2, 0.25) is 5.91 Å². The summed E-state index contributed by atoms with van der Waals surface area (Å²) in [5.41, 5.74) is -0.345. The van der Waals surface area contributed by atoms with Gasteiger partial charge in [0, 0.05) is 18.7 Å². The molecule has 0 spiro atoms. The van der Waals surface area contributed by atoms with Crippen molar-refractivity contribution < 1.29 is 14.6 Å². The molecule has 1 atom stereocenters. The molecule has 0 bridgehead atoms. The van der Waals surface area contributed by atoms with Crippen LogP contribution in [0.5, 0.6) is 0 Å². The van der Waals surface area contributed by atoms with Gasteiger partial charge in [0.05, 0.1) is 19.8 Å². The molecule has 0 heterocycles. The largest absolute Gasteiger partial charge is 0.394 e. The Morgan fingerprint density at radius 3 is 2.41 bits per heavy atom. The van der Waals surface area contributed by atoms with E-state index in [1.807, 2.05) is 20.8 Å². The van der Waals surface area contributed by atoms with Crippen molar-refractivity contribution in [1.82, 2.24) is 10.6 Å². The van der Waals surface area contributed by atoms with E-state index in [2.05, 4.69) is 10.6 Å². The molecule has 17 heavy (non-hydrogen) atoms. The van der Waals surface area contributed by atoms with Crippen molar-refractivity contribution in [3.8, 4) is 0 Å². The number of hydrogen-bond acceptors (Lipinski definition) is 4. The number of aliphatic hydroxyl groups excluding tert-OH is 1. The summed E-state index contributed by atoms with van der Waals surface area (Å²) >= 11 is 0. The highest BCUT2D eigenvalue weighted by Gasteiger charge is 2.25. The third-order valence-corrected chi connectivity index (χ3v) is 3.10. The van der Waals surface area contributed by atoms with Crippen LogP contribution >= 0.6 is 0 Å². The quantitative estimate of drug-likeness (QED) is 0.546. The number of carbonyl (C=O) groups is 1. The third kappa shape index (κ3) is 6.00. The molecule has 0 aromatic rings. The van der Waals surface area contributed by atoms with Crippen LogP contribution in [0.4, 0.5) is 0 Å². The van der Waals surface area contributed by atoms with Crippen LogP contribution in [-0.2, 0) is 9.53 Å². The average Bonchev–Trinajstić information content (AvgIpc) is 2.32. The first-order valence-electron chi connectivity index (χ1n) is 6.17. The molecule has 1 unspecified atom stereocenters. The van der Waals surface area contributed by atoms with Gasteiger partial charge in [0.25, 0.3) is 0 Å². The Kier molecular flexibility index (Phi) is 8.12. The molecule has 3 N–H and O–H groups in total. The lowest BCUT2D eigenvalue weighted by molar-refractivity contribution is -0.121. The van der Waals surface area contributed by atoms with Crippen molar-refractivity contribution >= 4 is 5.91 Å². The Morgan fingerprint density at radius 2 is 2.00 bits per heavy atom. The Labute approximate surface area is 104 Å². The molecular weight excluding hydrogens is 220 g/mol. The van der Waals surface area contributed by atoms with Gasteiger partial charge in [-0.25, -0.2) is 0 Å². The van der Waals surface area contributed by atoms with E-state index in [4.69, 9.17) is 4.74 Å². The molecule has 5 nitrogen and oxygen atoms in total. The number of methoxy groups -OCH3 is 1. The minimum atomic E-state index is -0.345. The minimum Gasteiger partial charge on any atom is -0.394 e. The zero-order valence-electron chi connectivity index (χ0n) is 11.4. The number of hydrogen-bond donors (Lipinski definition) is 3. The highest BCUT2D eigenvalue weighted by atomic mass is 16.5. The maximum atomic E-state index is 11.6. The van der Waals surface area contributed by atoms with Crippen LogP contribution in [0, 0.1) is 0 Å². The van der Waals surface area contributed by atoms with Crippen molar-refractivity contribution in [1.29, 1.82) is 0 Å². The number of amides is 1. The summed E-state index contributed by atoms with van der Waals surface area (Å²) in [6.45, 7) is 6.65. The number of rotatable bonds is 9. The first-order chi connectivity index (χ1) is 8.03. The van der Waals surface area contributed by atoms with Gasteiger partial charge in [0.15, 0.2) is 0 Å². The maximum Gasteiger partial charge on any atom is 0.234 e. The van der Waals surface area contributed by atoms with Crippen LogP contribution in [0.1, 0.15) is 33.6 Å². The van der Waals surface area contributed by atoms with E-state index in [-0.39, 0.29) is 30.6 Å². The number of carbonyl (C=O) groups excluding carboxylic acids is 1. The van der Waals surface area contributed by atoms with Gasteiger partial charge in [-0.05, 0) is 19.8 Å². The molecule has 5 heteroatoms. The first-order valence-corrected chi connectivity index (χ1v) is 6.17. The van der Waals surface area contributed by atoms with Crippen LogP contribution in [-0.4, -0.2) is 49.5 Å². The topological polar surface area (TPSA) is 70.6 Å². The van der Waals surface area contributed by atoms with Crippen molar-refractivity contribution in [3.63, 3.8) is 0 Å². The smallest absolute Gasteiger partial charge is 0.234 e. The summed E-state index contributed by atoms with van der Waals surface area (Å²) in [6.07, 6.45) is 1.59. The second kappa shape index (κ2) is 8.44. The van der Waals surface area contributed by atoms with Gasteiger partial charge < -0.3 is 20.5 Å². The van der Waals surface area contributed by atoms with Crippen LogP contribution in [0.15, 0.2) is 0 Å². The second-order valence-corrected chi connectivity index (χ2v) is 4.42.